The van der Waals surface area contributed by atoms with Crippen LogP contribution < -0.4 is 4.84 Å². The van der Waals surface area contributed by atoms with Gasteiger partial charge in [-0.25, -0.2) is 0 Å². The van der Waals surface area contributed by atoms with E-state index in [4.69, 9.17) is 4.84 Å². The highest BCUT2D eigenvalue weighted by Crippen LogP contribution is 2.28. The van der Waals surface area contributed by atoms with Gasteiger partial charge in [-0.1, -0.05) is 6.92 Å². The molecule has 2 rings (SSSR count). The molecular weight excluding hydrogens is 212 g/mol. The third-order valence-corrected chi connectivity index (χ3v) is 3.14. The van der Waals surface area contributed by atoms with Gasteiger partial charge in [-0.2, -0.15) is 4.73 Å². The van der Waals surface area contributed by atoms with E-state index in [1.165, 1.54) is 11.1 Å². The second kappa shape index (κ2) is 4.62. The van der Waals surface area contributed by atoms with Crippen LogP contribution in [0.4, 0.5) is 0 Å². The maximum atomic E-state index is 5.22. The molecule has 17 heavy (non-hydrogen) atoms. The molecule has 0 fully saturated rings. The van der Waals surface area contributed by atoms with Gasteiger partial charge in [0, 0.05) is 11.9 Å². The molecule has 1 aliphatic rings. The van der Waals surface area contributed by atoms with Crippen LogP contribution in [-0.4, -0.2) is 17.6 Å². The molecule has 0 atom stereocenters. The Balaban J connectivity index is 2.40. The quantitative estimate of drug-likeness (QED) is 0.783. The fraction of sp³-hybridized carbons (Fsp3) is 0.357. The second-order valence-corrected chi connectivity index (χ2v) is 4.13. The van der Waals surface area contributed by atoms with Crippen LogP contribution in [0.2, 0.25) is 0 Å². The molecule has 2 heterocycles. The zero-order valence-electron chi connectivity index (χ0n) is 10.8. The Morgan fingerprint density at radius 1 is 1.41 bits per heavy atom. The Labute approximate surface area is 102 Å². The number of allylic oxidation sites excluding steroid dienone is 2. The van der Waals surface area contributed by atoms with Crippen LogP contribution >= 0.6 is 0 Å². The fourth-order valence-electron chi connectivity index (χ4n) is 2.22. The summed E-state index contributed by atoms with van der Waals surface area (Å²) in [7, 11) is 1.66. The molecule has 90 valence electrons. The molecule has 1 aromatic heterocycles. The van der Waals surface area contributed by atoms with Gasteiger partial charge >= 0.3 is 0 Å². The van der Waals surface area contributed by atoms with Crippen LogP contribution in [0.1, 0.15) is 32.9 Å². The average Bonchev–Trinajstić information content (AvgIpc) is 2.85. The van der Waals surface area contributed by atoms with Crippen molar-refractivity contribution in [2.45, 2.75) is 27.2 Å². The molecule has 0 amide bonds. The molecule has 0 aromatic carbocycles. The molecule has 3 heteroatoms. The fourth-order valence-corrected chi connectivity index (χ4v) is 2.22. The SMILES string of the molecule is CCC1=C(C)C(=Cc2cccn2OC)N=C1C. The summed E-state index contributed by atoms with van der Waals surface area (Å²) < 4.78 is 1.73. The largest absolute Gasteiger partial charge is 0.417 e. The molecule has 1 aliphatic heterocycles. The van der Waals surface area contributed by atoms with Gasteiger partial charge in [0.25, 0.3) is 0 Å². The van der Waals surface area contributed by atoms with E-state index in [1.54, 1.807) is 11.8 Å². The van der Waals surface area contributed by atoms with Gasteiger partial charge < -0.3 is 4.84 Å². The van der Waals surface area contributed by atoms with Crippen molar-refractivity contribution in [2.24, 2.45) is 4.99 Å². The van der Waals surface area contributed by atoms with Crippen LogP contribution in [0.5, 0.6) is 0 Å². The number of hydrogen-bond acceptors (Lipinski definition) is 2. The minimum absolute atomic E-state index is 1.01. The van der Waals surface area contributed by atoms with Gasteiger partial charge in [0.15, 0.2) is 0 Å². The Bertz CT molecular complexity index is 518. The Morgan fingerprint density at radius 3 is 2.76 bits per heavy atom. The molecular formula is C14H18N2O. The third-order valence-electron chi connectivity index (χ3n) is 3.14. The van der Waals surface area contributed by atoms with Crippen LogP contribution in [0.25, 0.3) is 6.08 Å². The highest BCUT2D eigenvalue weighted by Gasteiger charge is 2.16. The molecule has 0 aliphatic carbocycles. The summed E-state index contributed by atoms with van der Waals surface area (Å²) in [6.45, 7) is 6.36. The van der Waals surface area contributed by atoms with Crippen molar-refractivity contribution in [2.75, 3.05) is 7.11 Å². The van der Waals surface area contributed by atoms with Crippen molar-refractivity contribution in [1.29, 1.82) is 0 Å². The van der Waals surface area contributed by atoms with Crippen LogP contribution in [0.3, 0.4) is 0 Å². The van der Waals surface area contributed by atoms with Crippen molar-refractivity contribution in [3.8, 4) is 0 Å². The molecule has 0 saturated heterocycles. The molecule has 0 radical (unpaired) electrons. The Hall–Kier alpha value is -1.77. The van der Waals surface area contributed by atoms with E-state index in [1.807, 2.05) is 18.3 Å². The summed E-state index contributed by atoms with van der Waals surface area (Å²) in [5, 5.41) is 0. The molecule has 0 spiro atoms. The van der Waals surface area contributed by atoms with Crippen molar-refractivity contribution in [1.82, 2.24) is 4.73 Å². The van der Waals surface area contributed by atoms with E-state index >= 15 is 0 Å². The lowest BCUT2D eigenvalue weighted by Crippen LogP contribution is -2.05. The molecule has 0 unspecified atom stereocenters. The standard InChI is InChI=1S/C14H18N2O/c1-5-13-10(2)14(15-11(13)3)9-12-7-6-8-16(12)17-4/h6-9H,5H2,1-4H3. The zero-order chi connectivity index (χ0) is 12.4. The normalized spacial score (nSPS) is 17.9. The molecule has 0 bridgehead atoms. The summed E-state index contributed by atoms with van der Waals surface area (Å²) in [4.78, 5) is 9.83. The molecule has 3 nitrogen and oxygen atoms in total. The minimum atomic E-state index is 1.01. The van der Waals surface area contributed by atoms with Crippen LogP contribution in [0, 0.1) is 0 Å². The topological polar surface area (TPSA) is 26.5 Å². The maximum Gasteiger partial charge on any atom is 0.104 e. The van der Waals surface area contributed by atoms with Crippen molar-refractivity contribution in [3.05, 3.63) is 40.9 Å². The number of hydrogen-bond donors (Lipinski definition) is 0. The van der Waals surface area contributed by atoms with Crippen molar-refractivity contribution in [3.63, 3.8) is 0 Å². The summed E-state index contributed by atoms with van der Waals surface area (Å²) in [6.07, 6.45) is 4.98. The Kier molecular flexibility index (Phi) is 3.18. The highest BCUT2D eigenvalue weighted by atomic mass is 16.6. The zero-order valence-corrected chi connectivity index (χ0v) is 10.8. The number of nitrogens with zero attached hydrogens (tertiary/aromatic N) is 2. The molecule has 1 aromatic rings. The summed E-state index contributed by atoms with van der Waals surface area (Å²) in [5.74, 6) is 0. The Morgan fingerprint density at radius 2 is 2.18 bits per heavy atom. The lowest BCUT2D eigenvalue weighted by atomic mass is 10.0. The van der Waals surface area contributed by atoms with E-state index < -0.39 is 0 Å². The number of aliphatic imine (C=N–C) groups is 1. The lowest BCUT2D eigenvalue weighted by Gasteiger charge is -2.04. The maximum absolute atomic E-state index is 5.22. The molecule has 0 N–H and O–H groups in total. The molecule has 0 saturated carbocycles. The average molecular weight is 230 g/mol. The van der Waals surface area contributed by atoms with Gasteiger partial charge in [0.05, 0.1) is 11.4 Å². The third kappa shape index (κ3) is 2.05. The predicted molar refractivity (Wildman–Crippen MR) is 71.0 cm³/mol. The van der Waals surface area contributed by atoms with Crippen LogP contribution in [-0.2, 0) is 0 Å². The highest BCUT2D eigenvalue weighted by molar-refractivity contribution is 6.03. The lowest BCUT2D eigenvalue weighted by molar-refractivity contribution is 0.166. The van der Waals surface area contributed by atoms with Gasteiger partial charge in [-0.05, 0) is 49.6 Å². The minimum Gasteiger partial charge on any atom is -0.417 e. The van der Waals surface area contributed by atoms with E-state index in [-0.39, 0.29) is 0 Å². The first-order valence-electron chi connectivity index (χ1n) is 5.86. The first-order chi connectivity index (χ1) is 8.17. The van der Waals surface area contributed by atoms with Gasteiger partial charge in [-0.3, -0.25) is 4.99 Å². The first kappa shape index (κ1) is 11.7. The van der Waals surface area contributed by atoms with Crippen molar-refractivity contribution < 1.29 is 4.84 Å². The van der Waals surface area contributed by atoms with Gasteiger partial charge in [0.2, 0.25) is 0 Å². The monoisotopic (exact) mass is 230 g/mol. The van der Waals surface area contributed by atoms with Gasteiger partial charge in [-0.15, -0.1) is 0 Å². The van der Waals surface area contributed by atoms with E-state index in [9.17, 15) is 0 Å². The van der Waals surface area contributed by atoms with Crippen molar-refractivity contribution >= 4 is 11.8 Å². The van der Waals surface area contributed by atoms with E-state index in [0.29, 0.717) is 0 Å². The number of rotatable bonds is 3. The predicted octanol–water partition coefficient (Wildman–Crippen LogP) is 3.09. The summed E-state index contributed by atoms with van der Waals surface area (Å²) in [6, 6.07) is 3.97. The van der Waals surface area contributed by atoms with Crippen LogP contribution in [0.15, 0.2) is 40.2 Å². The van der Waals surface area contributed by atoms with E-state index in [0.717, 1.165) is 23.5 Å². The summed E-state index contributed by atoms with van der Waals surface area (Å²) >= 11 is 0. The van der Waals surface area contributed by atoms with Gasteiger partial charge in [0.1, 0.15) is 7.11 Å². The number of aromatic nitrogens is 1. The smallest absolute Gasteiger partial charge is 0.104 e. The van der Waals surface area contributed by atoms with E-state index in [2.05, 4.69) is 31.8 Å². The summed E-state index contributed by atoms with van der Waals surface area (Å²) in [5.41, 5.74) is 5.81. The second-order valence-electron chi connectivity index (χ2n) is 4.13. The first-order valence-corrected chi connectivity index (χ1v) is 5.86.